The van der Waals surface area contributed by atoms with Gasteiger partial charge in [-0.3, -0.25) is 14.4 Å². The number of hydrogen-bond donors (Lipinski definition) is 3. The van der Waals surface area contributed by atoms with Crippen LogP contribution >= 0.6 is 0 Å². The molecule has 222 valence electrons. The molecule has 4 atom stereocenters. The lowest BCUT2D eigenvalue weighted by atomic mass is 10.0. The van der Waals surface area contributed by atoms with Gasteiger partial charge < -0.3 is 20.3 Å². The van der Waals surface area contributed by atoms with E-state index in [1.807, 2.05) is 16.9 Å². The first-order valence-electron chi connectivity index (χ1n) is 13.6. The van der Waals surface area contributed by atoms with Crippen molar-refractivity contribution >= 4 is 34.0 Å². The molecule has 4 amide bonds. The van der Waals surface area contributed by atoms with E-state index in [4.69, 9.17) is 10.00 Å². The SMILES string of the molecule is CN(CC#N)S(=O)(=O)NC(=O)[C@@]12C[C@H]1/C=C\CCCCC[C@H](NC(=O)OC(C)(C)C)C(=O)N1CCC[C@H]1C(=O)N2. The van der Waals surface area contributed by atoms with E-state index in [0.29, 0.717) is 43.0 Å². The second kappa shape index (κ2) is 12.6. The minimum absolute atomic E-state index is 0.196. The van der Waals surface area contributed by atoms with Gasteiger partial charge in [0, 0.05) is 19.5 Å². The maximum atomic E-state index is 13.6. The predicted octanol–water partition coefficient (Wildman–Crippen LogP) is 1.08. The molecule has 1 aliphatic carbocycles. The normalized spacial score (nSPS) is 28.6. The molecule has 3 rings (SSSR count). The van der Waals surface area contributed by atoms with Crippen molar-refractivity contribution in [1.82, 2.24) is 24.6 Å². The van der Waals surface area contributed by atoms with Crippen LogP contribution in [0.25, 0.3) is 0 Å². The molecule has 40 heavy (non-hydrogen) atoms. The molecule has 2 aliphatic heterocycles. The third-order valence-corrected chi connectivity index (χ3v) is 8.64. The Morgan fingerprint density at radius 2 is 1.95 bits per heavy atom. The van der Waals surface area contributed by atoms with Crippen LogP contribution in [0.5, 0.6) is 0 Å². The van der Waals surface area contributed by atoms with Crippen molar-refractivity contribution < 1.29 is 32.3 Å². The molecule has 0 bridgehead atoms. The van der Waals surface area contributed by atoms with Crippen molar-refractivity contribution in [2.75, 3.05) is 20.1 Å². The first kappa shape index (κ1) is 31.3. The Labute approximate surface area is 235 Å². The molecule has 13 nitrogen and oxygen atoms in total. The number of nitriles is 1. The third kappa shape index (κ3) is 7.72. The van der Waals surface area contributed by atoms with Gasteiger partial charge >= 0.3 is 16.3 Å². The van der Waals surface area contributed by atoms with Crippen LogP contribution in [0.1, 0.15) is 72.1 Å². The summed E-state index contributed by atoms with van der Waals surface area (Å²) in [4.78, 5) is 54.3. The van der Waals surface area contributed by atoms with E-state index >= 15 is 0 Å². The first-order chi connectivity index (χ1) is 18.7. The molecule has 0 aromatic rings. The molecule has 0 spiro atoms. The van der Waals surface area contributed by atoms with Gasteiger partial charge in [-0.2, -0.15) is 18.0 Å². The second-order valence-electron chi connectivity index (χ2n) is 11.6. The van der Waals surface area contributed by atoms with E-state index in [2.05, 4.69) is 10.6 Å². The fourth-order valence-corrected chi connectivity index (χ4v) is 5.81. The monoisotopic (exact) mass is 580 g/mol. The molecule has 0 radical (unpaired) electrons. The highest BCUT2D eigenvalue weighted by Crippen LogP contribution is 2.45. The van der Waals surface area contributed by atoms with Crippen LogP contribution in [0.4, 0.5) is 4.79 Å². The Kier molecular flexibility index (Phi) is 9.84. The topological polar surface area (TPSA) is 178 Å². The number of allylic oxidation sites excluding steroid dienone is 1. The standard InChI is InChI=1S/C26H40N6O7S/c1-25(2,3)39-24(36)28-19-12-9-7-5-6-8-11-18-17-26(18,23(35)30-40(37,38)31(4)16-14-27)29-21(33)20-13-10-15-32(20)22(19)34/h8,11,18-20H,5-7,9-10,12-13,15-17H2,1-4H3,(H,28,36)(H,29,33)(H,30,35)/b11-8-/t18-,19+,20+,26-/m1/s1. The van der Waals surface area contributed by atoms with E-state index in [1.165, 1.54) is 11.9 Å². The van der Waals surface area contributed by atoms with Crippen molar-refractivity contribution in [1.29, 1.82) is 5.26 Å². The molecule has 2 heterocycles. The Morgan fingerprint density at radius 1 is 1.23 bits per heavy atom. The number of alkyl carbamates (subject to hydrolysis) is 1. The summed E-state index contributed by atoms with van der Waals surface area (Å²) in [6.45, 7) is 5.03. The summed E-state index contributed by atoms with van der Waals surface area (Å²) >= 11 is 0. The molecule has 2 fully saturated rings. The smallest absolute Gasteiger partial charge is 0.408 e. The van der Waals surface area contributed by atoms with E-state index in [0.717, 1.165) is 12.8 Å². The Hall–Kier alpha value is -3.18. The fourth-order valence-electron chi connectivity index (χ4n) is 5.01. The molecule has 1 saturated heterocycles. The number of rotatable bonds is 5. The second-order valence-corrected chi connectivity index (χ2v) is 13.4. The Bertz CT molecular complexity index is 1170. The summed E-state index contributed by atoms with van der Waals surface area (Å²) in [5.41, 5.74) is -2.25. The number of ether oxygens (including phenoxy) is 1. The zero-order chi connectivity index (χ0) is 29.7. The van der Waals surface area contributed by atoms with Crippen LogP contribution in [-0.2, 0) is 29.3 Å². The number of amides is 4. The molecule has 14 heteroatoms. The largest absolute Gasteiger partial charge is 0.444 e. The summed E-state index contributed by atoms with van der Waals surface area (Å²) in [6, 6.07) is -0.0458. The highest BCUT2D eigenvalue weighted by Gasteiger charge is 2.61. The van der Waals surface area contributed by atoms with Gasteiger partial charge in [0.2, 0.25) is 11.8 Å². The molecular weight excluding hydrogens is 540 g/mol. The Balaban J connectivity index is 1.84. The third-order valence-electron chi connectivity index (χ3n) is 7.25. The van der Waals surface area contributed by atoms with E-state index in [1.54, 1.807) is 26.8 Å². The maximum absolute atomic E-state index is 13.6. The minimum atomic E-state index is -4.30. The highest BCUT2D eigenvalue weighted by molar-refractivity contribution is 7.87. The van der Waals surface area contributed by atoms with Crippen LogP contribution in [0.15, 0.2) is 12.2 Å². The van der Waals surface area contributed by atoms with Gasteiger partial charge in [0.15, 0.2) is 0 Å². The van der Waals surface area contributed by atoms with E-state index in [9.17, 15) is 27.6 Å². The van der Waals surface area contributed by atoms with E-state index in [-0.39, 0.29) is 6.42 Å². The lowest BCUT2D eigenvalue weighted by Crippen LogP contribution is -2.59. The molecule has 0 aromatic carbocycles. The lowest BCUT2D eigenvalue weighted by Gasteiger charge is -2.30. The highest BCUT2D eigenvalue weighted by atomic mass is 32.2. The number of fused-ring (bicyclic) bond motifs is 2. The fraction of sp³-hybridized carbons (Fsp3) is 0.731. The van der Waals surface area contributed by atoms with Gasteiger partial charge in [0.1, 0.15) is 29.8 Å². The number of nitrogens with zero attached hydrogens (tertiary/aromatic N) is 3. The first-order valence-corrected chi connectivity index (χ1v) is 15.1. The lowest BCUT2D eigenvalue weighted by molar-refractivity contribution is -0.141. The molecule has 0 aromatic heterocycles. The van der Waals surface area contributed by atoms with Gasteiger partial charge in [0.05, 0.1) is 6.07 Å². The van der Waals surface area contributed by atoms with Crippen LogP contribution in [-0.4, -0.2) is 84.8 Å². The van der Waals surface area contributed by atoms with Gasteiger partial charge in [-0.15, -0.1) is 0 Å². The van der Waals surface area contributed by atoms with Crippen molar-refractivity contribution in [3.63, 3.8) is 0 Å². The van der Waals surface area contributed by atoms with Crippen molar-refractivity contribution in [2.24, 2.45) is 5.92 Å². The van der Waals surface area contributed by atoms with E-state index < -0.39 is 69.7 Å². The number of nitrogens with one attached hydrogen (secondary N) is 3. The average molecular weight is 581 g/mol. The van der Waals surface area contributed by atoms with Gasteiger partial charge in [0.25, 0.3) is 5.91 Å². The average Bonchev–Trinajstić information content (AvgIpc) is 3.30. The van der Waals surface area contributed by atoms with Crippen molar-refractivity contribution in [2.45, 2.75) is 95.4 Å². The maximum Gasteiger partial charge on any atom is 0.408 e. The summed E-state index contributed by atoms with van der Waals surface area (Å²) in [7, 11) is -3.14. The quantitative estimate of drug-likeness (QED) is 0.319. The summed E-state index contributed by atoms with van der Waals surface area (Å²) in [6.07, 6.45) is 7.47. The zero-order valence-corrected chi connectivity index (χ0v) is 24.4. The molecule has 1 saturated carbocycles. The van der Waals surface area contributed by atoms with Crippen LogP contribution < -0.4 is 15.4 Å². The van der Waals surface area contributed by atoms with Gasteiger partial charge in [-0.1, -0.05) is 25.0 Å². The van der Waals surface area contributed by atoms with Crippen LogP contribution in [0, 0.1) is 17.2 Å². The van der Waals surface area contributed by atoms with Gasteiger partial charge in [-0.25, -0.2) is 9.52 Å². The minimum Gasteiger partial charge on any atom is -0.444 e. The summed E-state index contributed by atoms with van der Waals surface area (Å²) in [5.74, 6) is -2.29. The summed E-state index contributed by atoms with van der Waals surface area (Å²) in [5, 5.41) is 14.3. The number of carbonyl (C=O) groups excluding carboxylic acids is 4. The van der Waals surface area contributed by atoms with Crippen molar-refractivity contribution in [3.05, 3.63) is 12.2 Å². The van der Waals surface area contributed by atoms with Crippen molar-refractivity contribution in [3.8, 4) is 6.07 Å². The molecular formula is C26H40N6O7S. The van der Waals surface area contributed by atoms with Crippen LogP contribution in [0.3, 0.4) is 0 Å². The zero-order valence-electron chi connectivity index (χ0n) is 23.6. The molecule has 3 aliphatic rings. The number of hydrogen-bond acceptors (Lipinski definition) is 8. The summed E-state index contributed by atoms with van der Waals surface area (Å²) < 4.78 is 33.2. The van der Waals surface area contributed by atoms with Crippen LogP contribution in [0.2, 0.25) is 0 Å². The van der Waals surface area contributed by atoms with Gasteiger partial charge in [-0.05, 0) is 59.3 Å². The molecule has 3 N–H and O–H groups in total. The number of carbonyl (C=O) groups is 4. The molecule has 0 unspecified atom stereocenters. The Morgan fingerprint density at radius 3 is 2.62 bits per heavy atom. The predicted molar refractivity (Wildman–Crippen MR) is 144 cm³/mol.